The second-order valence-electron chi connectivity index (χ2n) is 19.2. The lowest BCUT2D eigenvalue weighted by atomic mass is 9.33. The minimum Gasteiger partial charge on any atom is -0.455 e. The number of sulfonamides is 1. The minimum absolute atomic E-state index is 0.0000569. The Bertz CT molecular complexity index is 2380. The van der Waals surface area contributed by atoms with E-state index >= 15 is 0 Å². The Morgan fingerprint density at radius 3 is 2.56 bits per heavy atom. The third-order valence-corrected chi connectivity index (χ3v) is 15.0. The van der Waals surface area contributed by atoms with Gasteiger partial charge in [-0.05, 0) is 117 Å². The van der Waals surface area contributed by atoms with Gasteiger partial charge in [0.15, 0.2) is 0 Å². The van der Waals surface area contributed by atoms with Gasteiger partial charge in [0.25, 0.3) is 15.9 Å². The number of carbonyl (C=O) groups excluding carboxylic acids is 1. The van der Waals surface area contributed by atoms with Crippen molar-refractivity contribution >= 4 is 38.3 Å². The van der Waals surface area contributed by atoms with Crippen LogP contribution in [-0.4, -0.2) is 106 Å². The monoisotopic (exact) mass is 821 g/mol. The van der Waals surface area contributed by atoms with E-state index in [2.05, 4.69) is 62.5 Å². The molecule has 2 bridgehead atoms. The van der Waals surface area contributed by atoms with Gasteiger partial charge in [0.2, 0.25) is 0 Å². The summed E-state index contributed by atoms with van der Waals surface area (Å²) in [5.41, 5.74) is 8.26. The number of piperazine rings is 1. The van der Waals surface area contributed by atoms with Gasteiger partial charge in [-0.1, -0.05) is 31.9 Å². The van der Waals surface area contributed by atoms with Gasteiger partial charge >= 0.3 is 0 Å². The van der Waals surface area contributed by atoms with Gasteiger partial charge < -0.3 is 29.6 Å². The van der Waals surface area contributed by atoms with E-state index in [4.69, 9.17) is 9.47 Å². The molecule has 2 aromatic carbocycles. The number of morpholine rings is 1. The summed E-state index contributed by atoms with van der Waals surface area (Å²) in [5, 5.41) is 4.25. The molecule has 4 heterocycles. The Morgan fingerprint density at radius 2 is 1.81 bits per heavy atom. The van der Waals surface area contributed by atoms with Crippen LogP contribution in [-0.2, 0) is 14.8 Å². The molecule has 3 N–H and O–H groups in total. The second-order valence-corrected chi connectivity index (χ2v) is 20.9. The molecule has 4 aromatic rings. The summed E-state index contributed by atoms with van der Waals surface area (Å²) in [5.74, 6) is -0.0761. The molecule has 12 nitrogen and oxygen atoms in total. The van der Waals surface area contributed by atoms with E-state index in [9.17, 15) is 13.2 Å². The van der Waals surface area contributed by atoms with Crippen molar-refractivity contribution in [2.45, 2.75) is 77.2 Å². The van der Waals surface area contributed by atoms with E-state index < -0.39 is 15.9 Å². The number of ether oxygens (including phenoxy) is 2. The van der Waals surface area contributed by atoms with Crippen molar-refractivity contribution in [3.05, 3.63) is 83.2 Å². The van der Waals surface area contributed by atoms with Gasteiger partial charge in [-0.2, -0.15) is 0 Å². The van der Waals surface area contributed by atoms with Crippen molar-refractivity contribution in [3.8, 4) is 11.5 Å². The first kappa shape index (κ1) is 40.0. The number of carbonyl (C=O) groups is 1. The van der Waals surface area contributed by atoms with Crippen LogP contribution in [0.5, 0.6) is 11.5 Å². The molecule has 1 atom stereocenters. The fourth-order valence-corrected chi connectivity index (χ4v) is 11.7. The first-order chi connectivity index (χ1) is 28.1. The number of pyridine rings is 1. The second kappa shape index (κ2) is 15.2. The Kier molecular flexibility index (Phi) is 10.3. The number of aryl methyl sites for hydroxylation is 1. The smallest absolute Gasteiger partial charge is 0.268 e. The first-order valence-corrected chi connectivity index (χ1v) is 22.8. The molecule has 1 amide bonds. The van der Waals surface area contributed by atoms with Gasteiger partial charge in [-0.15, -0.1) is 0 Å². The van der Waals surface area contributed by atoms with Gasteiger partial charge in [0.05, 0.1) is 29.4 Å². The molecule has 0 radical (unpaired) electrons. The first-order valence-electron chi connectivity index (χ1n) is 21.3. The van der Waals surface area contributed by atoms with E-state index in [-0.39, 0.29) is 22.3 Å². The summed E-state index contributed by atoms with van der Waals surface area (Å²) in [6.45, 7) is 16.8. The molecule has 10 rings (SSSR count). The number of aromatic nitrogens is 2. The number of allylic oxidation sites excluding steroid dienone is 1. The third kappa shape index (κ3) is 8.23. The Labute approximate surface area is 348 Å². The number of hydrogen-bond acceptors (Lipinski definition) is 10. The number of amides is 1. The highest BCUT2D eigenvalue weighted by atomic mass is 32.2. The van der Waals surface area contributed by atoms with Crippen LogP contribution in [0, 0.1) is 23.2 Å². The maximum atomic E-state index is 13.9. The summed E-state index contributed by atoms with van der Waals surface area (Å²) in [6.07, 6.45) is 11.3. The van der Waals surface area contributed by atoms with Gasteiger partial charge in [-0.3, -0.25) is 9.69 Å². The molecule has 13 heteroatoms. The molecule has 3 saturated carbocycles. The molecule has 6 aliphatic rings. The zero-order valence-electron chi connectivity index (χ0n) is 35.2. The van der Waals surface area contributed by atoms with Crippen molar-refractivity contribution in [2.24, 2.45) is 16.2 Å². The molecule has 314 valence electrons. The quantitative estimate of drug-likeness (QED) is 0.125. The zero-order valence-corrected chi connectivity index (χ0v) is 36.0. The number of benzene rings is 2. The highest BCUT2D eigenvalue weighted by molar-refractivity contribution is 7.90. The maximum absolute atomic E-state index is 13.9. The summed E-state index contributed by atoms with van der Waals surface area (Å²) >= 11 is 0. The lowest BCUT2D eigenvalue weighted by molar-refractivity contribution is -0.167. The number of fused-ring (bicyclic) bond motifs is 1. The van der Waals surface area contributed by atoms with E-state index in [0.29, 0.717) is 35.1 Å². The van der Waals surface area contributed by atoms with Crippen molar-refractivity contribution in [2.75, 3.05) is 76.2 Å². The van der Waals surface area contributed by atoms with E-state index in [1.165, 1.54) is 44.6 Å². The normalized spacial score (nSPS) is 26.0. The van der Waals surface area contributed by atoms with Crippen LogP contribution >= 0.6 is 0 Å². The van der Waals surface area contributed by atoms with Crippen molar-refractivity contribution in [1.29, 1.82) is 0 Å². The van der Waals surface area contributed by atoms with Crippen molar-refractivity contribution in [3.63, 3.8) is 0 Å². The van der Waals surface area contributed by atoms with Gasteiger partial charge in [0, 0.05) is 81.4 Å². The van der Waals surface area contributed by atoms with Gasteiger partial charge in [0.1, 0.15) is 17.1 Å². The molecule has 2 saturated heterocycles. The lowest BCUT2D eigenvalue weighted by Crippen LogP contribution is -2.61. The summed E-state index contributed by atoms with van der Waals surface area (Å²) < 4.78 is 41.9. The molecule has 2 aliphatic heterocycles. The number of aromatic amines is 1. The van der Waals surface area contributed by atoms with Crippen LogP contribution in [0.3, 0.4) is 0 Å². The molecule has 5 fully saturated rings. The fourth-order valence-electron chi connectivity index (χ4n) is 10.7. The average molecular weight is 822 g/mol. The van der Waals surface area contributed by atoms with Crippen LogP contribution in [0.1, 0.15) is 75.2 Å². The van der Waals surface area contributed by atoms with E-state index in [1.807, 2.05) is 37.4 Å². The number of likely N-dealkylation sites (N-methyl/N-ethyl adjacent to an activating group) is 1. The summed E-state index contributed by atoms with van der Waals surface area (Å²) in [4.78, 5) is 28.7. The highest BCUT2D eigenvalue weighted by Crippen LogP contribution is 2.77. The lowest BCUT2D eigenvalue weighted by Gasteiger charge is -2.72. The highest BCUT2D eigenvalue weighted by Gasteiger charge is 2.66. The molecular weight excluding hydrogens is 763 g/mol. The SMILES string of the molecule is Cc1cc(S(=O)(=O)NC(=O)c2ccc(N3CCN(CC4=C(C56CC(C)(C5)C6)CC(C)(C)CC4)CC3)cc2Oc2cnc3[nH]ccc3c2)ccc1NCC1CN(C)CCO1. The molecule has 1 unspecified atom stereocenters. The largest absolute Gasteiger partial charge is 0.455 e. The topological polar surface area (TPSA) is 132 Å². The number of rotatable bonds is 12. The van der Waals surface area contributed by atoms with E-state index in [1.54, 1.807) is 35.5 Å². The average Bonchev–Trinajstić information content (AvgIpc) is 3.65. The molecule has 59 heavy (non-hydrogen) atoms. The number of hydrogen-bond donors (Lipinski definition) is 3. The maximum Gasteiger partial charge on any atom is 0.268 e. The Hall–Kier alpha value is -4.43. The third-order valence-electron chi connectivity index (χ3n) is 13.7. The molecule has 2 aromatic heterocycles. The predicted molar refractivity (Wildman–Crippen MR) is 232 cm³/mol. The standard InChI is InChI=1S/C46H59N7O5S/c1-31-20-37(7-9-40(31)48-25-36-27-51(5)18-19-57-36)59(55,56)50-43(54)38-8-6-34(22-41(38)58-35-21-32-11-13-47-42(32)49-24-35)53-16-14-52(15-17-53)26-33-10-12-44(2,3)23-39(33)46-28-45(4,29-46)30-46/h6-9,11,13,20-22,24,36,48H,10,12,14-19,23,25-30H2,1-5H3,(H,47,49)(H,50,54). The number of anilines is 2. The van der Waals surface area contributed by atoms with Crippen LogP contribution in [0.15, 0.2) is 77.0 Å². The predicted octanol–water partition coefficient (Wildman–Crippen LogP) is 7.34. The summed E-state index contributed by atoms with van der Waals surface area (Å²) in [6, 6.07) is 14.0. The Morgan fingerprint density at radius 1 is 1.02 bits per heavy atom. The van der Waals surface area contributed by atoms with Crippen LogP contribution < -0.4 is 19.7 Å². The number of nitrogens with zero attached hydrogens (tertiary/aromatic N) is 4. The van der Waals surface area contributed by atoms with E-state index in [0.717, 1.165) is 73.8 Å². The van der Waals surface area contributed by atoms with Crippen molar-refractivity contribution in [1.82, 2.24) is 24.5 Å². The summed E-state index contributed by atoms with van der Waals surface area (Å²) in [7, 11) is -2.15. The zero-order chi connectivity index (χ0) is 41.2. The Balaban J connectivity index is 0.903. The van der Waals surface area contributed by atoms with Crippen LogP contribution in [0.4, 0.5) is 11.4 Å². The minimum atomic E-state index is -4.22. The van der Waals surface area contributed by atoms with Crippen molar-refractivity contribution < 1.29 is 22.7 Å². The van der Waals surface area contributed by atoms with Gasteiger partial charge in [-0.25, -0.2) is 18.1 Å². The molecular formula is C46H59N7O5S. The number of nitrogens with one attached hydrogen (secondary N) is 3. The molecule has 0 spiro atoms. The number of H-pyrrole nitrogens is 1. The molecule has 4 aliphatic carbocycles. The van der Waals surface area contributed by atoms with Crippen LogP contribution in [0.2, 0.25) is 0 Å². The fraction of sp³-hybridized carbons (Fsp3) is 0.522. The van der Waals surface area contributed by atoms with Crippen LogP contribution in [0.25, 0.3) is 11.0 Å².